The number of nitrogens with zero attached hydrogens (tertiary/aromatic N) is 1. The summed E-state index contributed by atoms with van der Waals surface area (Å²) in [4.78, 5) is 29.2. The van der Waals surface area contributed by atoms with Crippen molar-refractivity contribution in [1.29, 1.82) is 0 Å². The molecule has 0 bridgehead atoms. The Hall–Kier alpha value is -1.98. The van der Waals surface area contributed by atoms with Crippen LogP contribution in [0.2, 0.25) is 5.02 Å². The van der Waals surface area contributed by atoms with Crippen LogP contribution in [-0.4, -0.2) is 34.6 Å². The van der Waals surface area contributed by atoms with Gasteiger partial charge in [0.05, 0.1) is 5.75 Å². The monoisotopic (exact) mass is 458 g/mol. The molecular formula is C25H31ClN2O2S. The second-order valence-electron chi connectivity index (χ2n) is 8.02. The van der Waals surface area contributed by atoms with Gasteiger partial charge in [-0.05, 0) is 49.1 Å². The van der Waals surface area contributed by atoms with Gasteiger partial charge < -0.3 is 10.2 Å². The van der Waals surface area contributed by atoms with E-state index in [9.17, 15) is 9.59 Å². The van der Waals surface area contributed by atoms with Gasteiger partial charge in [-0.25, -0.2) is 0 Å². The fourth-order valence-corrected chi connectivity index (χ4v) is 4.91. The molecule has 2 amide bonds. The molecule has 1 saturated carbocycles. The average Bonchev–Trinajstić information content (AvgIpc) is 2.79. The van der Waals surface area contributed by atoms with E-state index < -0.39 is 6.04 Å². The van der Waals surface area contributed by atoms with E-state index in [-0.39, 0.29) is 23.6 Å². The van der Waals surface area contributed by atoms with Crippen molar-refractivity contribution in [1.82, 2.24) is 10.2 Å². The number of nitrogens with one attached hydrogen (secondary N) is 1. The zero-order valence-electron chi connectivity index (χ0n) is 18.1. The highest BCUT2D eigenvalue weighted by atomic mass is 35.5. The molecule has 0 aromatic heterocycles. The van der Waals surface area contributed by atoms with Gasteiger partial charge in [0.1, 0.15) is 6.04 Å². The Morgan fingerprint density at radius 3 is 2.39 bits per heavy atom. The zero-order valence-corrected chi connectivity index (χ0v) is 19.6. The first-order chi connectivity index (χ1) is 15.1. The molecule has 1 atom stereocenters. The molecular weight excluding hydrogens is 428 g/mol. The molecule has 1 aliphatic carbocycles. The molecule has 4 nitrogen and oxygen atoms in total. The molecule has 0 saturated heterocycles. The number of hydrogen-bond acceptors (Lipinski definition) is 3. The van der Waals surface area contributed by atoms with E-state index in [2.05, 4.69) is 5.32 Å². The summed E-state index contributed by atoms with van der Waals surface area (Å²) in [6.07, 6.45) is 6.20. The Balaban J connectivity index is 1.72. The molecule has 166 valence electrons. The summed E-state index contributed by atoms with van der Waals surface area (Å²) in [6, 6.07) is 17.1. The highest BCUT2D eigenvalue weighted by Crippen LogP contribution is 2.23. The largest absolute Gasteiger partial charge is 0.352 e. The van der Waals surface area contributed by atoms with Gasteiger partial charge in [0.25, 0.3) is 0 Å². The van der Waals surface area contributed by atoms with Crippen LogP contribution in [0.5, 0.6) is 0 Å². The van der Waals surface area contributed by atoms with E-state index in [0.717, 1.165) is 36.1 Å². The number of halogens is 1. The third kappa shape index (κ3) is 7.29. The Kier molecular flexibility index (Phi) is 9.29. The molecule has 0 unspecified atom stereocenters. The van der Waals surface area contributed by atoms with Crippen LogP contribution in [0.1, 0.15) is 51.0 Å². The summed E-state index contributed by atoms with van der Waals surface area (Å²) >= 11 is 7.43. The van der Waals surface area contributed by atoms with Gasteiger partial charge in [0.15, 0.2) is 0 Å². The van der Waals surface area contributed by atoms with Gasteiger partial charge in [0.2, 0.25) is 11.8 Å². The Labute approximate surface area is 194 Å². The van der Waals surface area contributed by atoms with Gasteiger partial charge in [0, 0.05) is 22.5 Å². The van der Waals surface area contributed by atoms with E-state index >= 15 is 0 Å². The maximum atomic E-state index is 13.3. The molecule has 31 heavy (non-hydrogen) atoms. The van der Waals surface area contributed by atoms with Crippen molar-refractivity contribution in [2.24, 2.45) is 0 Å². The van der Waals surface area contributed by atoms with Crippen LogP contribution in [0.4, 0.5) is 0 Å². The van der Waals surface area contributed by atoms with Crippen LogP contribution >= 0.6 is 23.4 Å². The van der Waals surface area contributed by atoms with E-state index in [0.29, 0.717) is 18.0 Å². The summed E-state index contributed by atoms with van der Waals surface area (Å²) in [5, 5.41) is 3.89. The van der Waals surface area contributed by atoms with Gasteiger partial charge in [-0.15, -0.1) is 11.8 Å². The first kappa shape index (κ1) is 23.7. The van der Waals surface area contributed by atoms with Gasteiger partial charge in [-0.1, -0.05) is 68.1 Å². The lowest BCUT2D eigenvalue weighted by atomic mass is 9.95. The lowest BCUT2D eigenvalue weighted by molar-refractivity contribution is -0.139. The van der Waals surface area contributed by atoms with Crippen LogP contribution in [-0.2, 0) is 16.1 Å². The second kappa shape index (κ2) is 12.2. The molecule has 0 heterocycles. The minimum atomic E-state index is -0.472. The third-order valence-electron chi connectivity index (χ3n) is 5.71. The standard InChI is InChI=1S/C25H31ClN2O2S/c1-2-23(25(30)27-21-11-7-4-8-12-21)28(17-19-9-5-3-6-10-19)24(29)18-31-22-15-13-20(26)14-16-22/h3,5-6,9-10,13-16,21,23H,2,4,7-8,11-12,17-18H2,1H3,(H,27,30)/t23-/m1/s1. The minimum absolute atomic E-state index is 0.0322. The summed E-state index contributed by atoms with van der Waals surface area (Å²) in [5.41, 5.74) is 1.02. The predicted octanol–water partition coefficient (Wildman–Crippen LogP) is 5.69. The fraction of sp³-hybridized carbons (Fsp3) is 0.440. The van der Waals surface area contributed by atoms with Crippen molar-refractivity contribution >= 4 is 35.2 Å². The first-order valence-corrected chi connectivity index (χ1v) is 12.4. The van der Waals surface area contributed by atoms with Crippen LogP contribution in [0.3, 0.4) is 0 Å². The van der Waals surface area contributed by atoms with Gasteiger partial charge in [-0.2, -0.15) is 0 Å². The lowest BCUT2D eigenvalue weighted by Gasteiger charge is -2.32. The zero-order chi connectivity index (χ0) is 22.1. The smallest absolute Gasteiger partial charge is 0.243 e. The SMILES string of the molecule is CC[C@H](C(=O)NC1CCCCC1)N(Cc1ccccc1)C(=O)CSc1ccc(Cl)cc1. The maximum absolute atomic E-state index is 13.3. The highest BCUT2D eigenvalue weighted by molar-refractivity contribution is 8.00. The Bertz CT molecular complexity index is 838. The molecule has 2 aromatic rings. The van der Waals surface area contributed by atoms with Crippen LogP contribution < -0.4 is 5.32 Å². The number of carbonyl (C=O) groups is 2. The minimum Gasteiger partial charge on any atom is -0.352 e. The topological polar surface area (TPSA) is 49.4 Å². The molecule has 1 aliphatic rings. The molecule has 2 aromatic carbocycles. The molecule has 1 N–H and O–H groups in total. The Morgan fingerprint density at radius 1 is 1.06 bits per heavy atom. The van der Waals surface area contributed by atoms with Crippen molar-refractivity contribution in [2.75, 3.05) is 5.75 Å². The summed E-state index contributed by atoms with van der Waals surface area (Å²) in [7, 11) is 0. The van der Waals surface area contributed by atoms with Gasteiger partial charge in [-0.3, -0.25) is 9.59 Å². The number of carbonyl (C=O) groups excluding carboxylic acids is 2. The number of hydrogen-bond donors (Lipinski definition) is 1. The fourth-order valence-electron chi connectivity index (χ4n) is 4.00. The van der Waals surface area contributed by atoms with Crippen LogP contribution in [0.25, 0.3) is 0 Å². The predicted molar refractivity (Wildman–Crippen MR) is 128 cm³/mol. The van der Waals surface area contributed by atoms with Crippen molar-refractivity contribution in [2.45, 2.75) is 69.0 Å². The van der Waals surface area contributed by atoms with E-state index in [1.165, 1.54) is 18.2 Å². The average molecular weight is 459 g/mol. The van der Waals surface area contributed by atoms with Gasteiger partial charge >= 0.3 is 0 Å². The third-order valence-corrected chi connectivity index (χ3v) is 6.96. The van der Waals surface area contributed by atoms with Crippen molar-refractivity contribution in [3.8, 4) is 0 Å². The van der Waals surface area contributed by atoms with E-state index in [1.54, 1.807) is 4.90 Å². The normalized spacial score (nSPS) is 15.3. The number of benzene rings is 2. The van der Waals surface area contributed by atoms with Crippen LogP contribution in [0, 0.1) is 0 Å². The summed E-state index contributed by atoms with van der Waals surface area (Å²) in [6.45, 7) is 2.40. The van der Waals surface area contributed by atoms with Crippen molar-refractivity contribution < 1.29 is 9.59 Å². The summed E-state index contributed by atoms with van der Waals surface area (Å²) in [5.74, 6) is 0.214. The first-order valence-electron chi connectivity index (χ1n) is 11.1. The molecule has 6 heteroatoms. The van der Waals surface area contributed by atoms with Crippen LogP contribution in [0.15, 0.2) is 59.5 Å². The van der Waals surface area contributed by atoms with Crippen molar-refractivity contribution in [3.63, 3.8) is 0 Å². The number of rotatable bonds is 9. The maximum Gasteiger partial charge on any atom is 0.243 e. The van der Waals surface area contributed by atoms with E-state index in [4.69, 9.17) is 11.6 Å². The number of thioether (sulfide) groups is 1. The highest BCUT2D eigenvalue weighted by Gasteiger charge is 2.30. The quantitative estimate of drug-likeness (QED) is 0.491. The van der Waals surface area contributed by atoms with Crippen molar-refractivity contribution in [3.05, 3.63) is 65.2 Å². The molecule has 3 rings (SSSR count). The molecule has 0 spiro atoms. The number of amides is 2. The second-order valence-corrected chi connectivity index (χ2v) is 9.50. The van der Waals surface area contributed by atoms with E-state index in [1.807, 2.05) is 61.5 Å². The molecule has 0 radical (unpaired) electrons. The molecule has 1 fully saturated rings. The summed E-state index contributed by atoms with van der Waals surface area (Å²) < 4.78 is 0. The molecule has 0 aliphatic heterocycles. The lowest BCUT2D eigenvalue weighted by Crippen LogP contribution is -2.52. The Morgan fingerprint density at radius 2 is 1.74 bits per heavy atom.